The Morgan fingerprint density at radius 2 is 2.00 bits per heavy atom. The first-order valence-electron chi connectivity index (χ1n) is 5.98. The van der Waals surface area contributed by atoms with Crippen LogP contribution in [0.25, 0.3) is 16.9 Å². The Kier molecular flexibility index (Phi) is 2.75. The molecule has 4 heteroatoms. The van der Waals surface area contributed by atoms with Gasteiger partial charge in [0.1, 0.15) is 5.65 Å². The van der Waals surface area contributed by atoms with Crippen LogP contribution in [-0.4, -0.2) is 9.38 Å². The number of benzene rings is 1. The molecule has 19 heavy (non-hydrogen) atoms. The van der Waals surface area contributed by atoms with Crippen molar-refractivity contribution < 1.29 is 0 Å². The Labute approximate surface area is 110 Å². The van der Waals surface area contributed by atoms with Crippen LogP contribution in [0.3, 0.4) is 0 Å². The number of imidazole rings is 1. The second-order valence-electron chi connectivity index (χ2n) is 4.32. The van der Waals surface area contributed by atoms with E-state index in [0.717, 1.165) is 22.5 Å². The molecule has 0 amide bonds. The van der Waals surface area contributed by atoms with Crippen molar-refractivity contribution in [3.8, 4) is 17.3 Å². The van der Waals surface area contributed by atoms with Gasteiger partial charge in [0, 0.05) is 24.5 Å². The Bertz CT molecular complexity index is 763. The number of nitrogens with zero attached hydrogens (tertiary/aromatic N) is 3. The van der Waals surface area contributed by atoms with Gasteiger partial charge in [-0.25, -0.2) is 4.98 Å². The van der Waals surface area contributed by atoms with Crippen LogP contribution < -0.4 is 5.73 Å². The summed E-state index contributed by atoms with van der Waals surface area (Å²) in [5, 5.41) is 8.79. The molecule has 92 valence electrons. The third kappa shape index (κ3) is 2.07. The summed E-state index contributed by atoms with van der Waals surface area (Å²) in [4.78, 5) is 4.57. The Hall–Kier alpha value is -2.64. The highest BCUT2D eigenvalue weighted by atomic mass is 15.0. The highest BCUT2D eigenvalue weighted by Crippen LogP contribution is 2.20. The minimum atomic E-state index is 0.509. The molecular weight excluding hydrogens is 236 g/mol. The number of nitriles is 1. The van der Waals surface area contributed by atoms with Crippen molar-refractivity contribution in [2.45, 2.75) is 6.54 Å². The molecule has 0 spiro atoms. The van der Waals surface area contributed by atoms with E-state index in [2.05, 4.69) is 11.1 Å². The fraction of sp³-hybridized carbons (Fsp3) is 0.0667. The highest BCUT2D eigenvalue weighted by molar-refractivity contribution is 5.63. The van der Waals surface area contributed by atoms with Crippen molar-refractivity contribution >= 4 is 5.65 Å². The maximum atomic E-state index is 8.79. The first-order valence-corrected chi connectivity index (χ1v) is 5.98. The molecule has 0 radical (unpaired) electrons. The molecule has 0 unspecified atom stereocenters. The molecule has 1 aromatic carbocycles. The second-order valence-corrected chi connectivity index (χ2v) is 4.32. The van der Waals surface area contributed by atoms with E-state index >= 15 is 0 Å². The van der Waals surface area contributed by atoms with E-state index in [1.54, 1.807) is 12.1 Å². The zero-order chi connectivity index (χ0) is 13.2. The van der Waals surface area contributed by atoms with Gasteiger partial charge in [0.15, 0.2) is 0 Å². The van der Waals surface area contributed by atoms with E-state index in [-0.39, 0.29) is 0 Å². The van der Waals surface area contributed by atoms with E-state index < -0.39 is 0 Å². The van der Waals surface area contributed by atoms with Crippen molar-refractivity contribution in [1.29, 1.82) is 5.26 Å². The van der Waals surface area contributed by atoms with Crippen LogP contribution in [0.4, 0.5) is 0 Å². The number of nitrogens with two attached hydrogens (primary N) is 1. The van der Waals surface area contributed by atoms with Gasteiger partial charge in [-0.3, -0.25) is 0 Å². The minimum absolute atomic E-state index is 0.509. The van der Waals surface area contributed by atoms with Crippen molar-refractivity contribution in [3.05, 3.63) is 59.9 Å². The first kappa shape index (κ1) is 11.5. The van der Waals surface area contributed by atoms with Crippen LogP contribution in [0.2, 0.25) is 0 Å². The van der Waals surface area contributed by atoms with Gasteiger partial charge in [-0.2, -0.15) is 5.26 Å². The summed E-state index contributed by atoms with van der Waals surface area (Å²) in [6, 6.07) is 13.5. The van der Waals surface area contributed by atoms with Gasteiger partial charge in [-0.05, 0) is 29.8 Å². The Morgan fingerprint density at radius 1 is 1.21 bits per heavy atom. The van der Waals surface area contributed by atoms with E-state index in [1.165, 1.54) is 0 Å². The van der Waals surface area contributed by atoms with E-state index in [0.29, 0.717) is 12.1 Å². The first-order chi connectivity index (χ1) is 9.30. The van der Waals surface area contributed by atoms with Gasteiger partial charge in [0.05, 0.1) is 17.3 Å². The quantitative estimate of drug-likeness (QED) is 0.756. The topological polar surface area (TPSA) is 67.1 Å². The summed E-state index contributed by atoms with van der Waals surface area (Å²) in [6.45, 7) is 0.509. The van der Waals surface area contributed by atoms with Crippen molar-refractivity contribution in [2.75, 3.05) is 0 Å². The maximum absolute atomic E-state index is 8.79. The molecule has 2 aromatic heterocycles. The van der Waals surface area contributed by atoms with Gasteiger partial charge in [0.2, 0.25) is 0 Å². The van der Waals surface area contributed by atoms with Crippen LogP contribution in [0.1, 0.15) is 11.1 Å². The van der Waals surface area contributed by atoms with Crippen molar-refractivity contribution in [2.24, 2.45) is 5.73 Å². The van der Waals surface area contributed by atoms with Crippen LogP contribution >= 0.6 is 0 Å². The molecule has 0 fully saturated rings. The third-order valence-corrected chi connectivity index (χ3v) is 3.07. The fourth-order valence-electron chi connectivity index (χ4n) is 2.01. The zero-order valence-corrected chi connectivity index (χ0v) is 10.2. The lowest BCUT2D eigenvalue weighted by Gasteiger charge is -1.96. The van der Waals surface area contributed by atoms with Crippen molar-refractivity contribution in [1.82, 2.24) is 9.38 Å². The number of hydrogen-bond acceptors (Lipinski definition) is 3. The summed E-state index contributed by atoms with van der Waals surface area (Å²) in [6.07, 6.45) is 3.93. The number of aromatic nitrogens is 2. The molecule has 0 aliphatic carbocycles. The largest absolute Gasteiger partial charge is 0.326 e. The summed E-state index contributed by atoms with van der Waals surface area (Å²) in [5.41, 5.74) is 10.1. The smallest absolute Gasteiger partial charge is 0.137 e. The van der Waals surface area contributed by atoms with Crippen LogP contribution in [0.5, 0.6) is 0 Å². The molecule has 4 nitrogen and oxygen atoms in total. The molecular formula is C15H12N4. The van der Waals surface area contributed by atoms with E-state index in [9.17, 15) is 0 Å². The Balaban J connectivity index is 2.07. The van der Waals surface area contributed by atoms with Gasteiger partial charge in [-0.15, -0.1) is 0 Å². The second kappa shape index (κ2) is 4.56. The number of rotatable bonds is 2. The molecule has 2 heterocycles. The molecule has 0 saturated heterocycles. The van der Waals surface area contributed by atoms with Crippen molar-refractivity contribution in [3.63, 3.8) is 0 Å². The molecule has 0 aliphatic heterocycles. The standard InChI is InChI=1S/C15H12N4/c16-8-11-1-3-13(4-2-11)14-10-19-6-5-12(9-17)7-15(19)18-14/h1-7,10H,9,17H2. The molecule has 0 aliphatic rings. The number of fused-ring (bicyclic) bond motifs is 1. The summed E-state index contributed by atoms with van der Waals surface area (Å²) in [7, 11) is 0. The fourth-order valence-corrected chi connectivity index (χ4v) is 2.01. The van der Waals surface area contributed by atoms with Gasteiger partial charge in [0.25, 0.3) is 0 Å². The normalized spacial score (nSPS) is 10.5. The summed E-state index contributed by atoms with van der Waals surface area (Å²) >= 11 is 0. The predicted molar refractivity (Wildman–Crippen MR) is 73.2 cm³/mol. The molecule has 0 atom stereocenters. The number of hydrogen-bond donors (Lipinski definition) is 1. The molecule has 0 bridgehead atoms. The van der Waals surface area contributed by atoms with Gasteiger partial charge >= 0.3 is 0 Å². The summed E-state index contributed by atoms with van der Waals surface area (Å²) < 4.78 is 1.96. The number of pyridine rings is 1. The third-order valence-electron chi connectivity index (χ3n) is 3.07. The van der Waals surface area contributed by atoms with Gasteiger partial charge < -0.3 is 10.1 Å². The molecule has 3 aromatic rings. The average Bonchev–Trinajstić information content (AvgIpc) is 2.90. The SMILES string of the molecule is N#Cc1ccc(-c2cn3ccc(CN)cc3n2)cc1. The monoisotopic (exact) mass is 248 g/mol. The lowest BCUT2D eigenvalue weighted by atomic mass is 10.1. The molecule has 3 rings (SSSR count). The van der Waals surface area contributed by atoms with Gasteiger partial charge in [-0.1, -0.05) is 12.1 Å². The predicted octanol–water partition coefficient (Wildman–Crippen LogP) is 2.33. The van der Waals surface area contributed by atoms with Crippen LogP contribution in [-0.2, 0) is 6.54 Å². The maximum Gasteiger partial charge on any atom is 0.137 e. The molecule has 2 N–H and O–H groups in total. The van der Waals surface area contributed by atoms with E-state index in [1.807, 2.05) is 41.1 Å². The zero-order valence-electron chi connectivity index (χ0n) is 10.2. The molecule has 0 saturated carbocycles. The summed E-state index contributed by atoms with van der Waals surface area (Å²) in [5.74, 6) is 0. The lowest BCUT2D eigenvalue weighted by molar-refractivity contribution is 1.05. The minimum Gasteiger partial charge on any atom is -0.326 e. The highest BCUT2D eigenvalue weighted by Gasteiger charge is 2.04. The lowest BCUT2D eigenvalue weighted by Crippen LogP contribution is -1.96. The average molecular weight is 248 g/mol. The van der Waals surface area contributed by atoms with Crippen LogP contribution in [0, 0.1) is 11.3 Å². The van der Waals surface area contributed by atoms with Crippen LogP contribution in [0.15, 0.2) is 48.8 Å². The Morgan fingerprint density at radius 3 is 2.68 bits per heavy atom. The van der Waals surface area contributed by atoms with E-state index in [4.69, 9.17) is 11.0 Å².